The molecule has 0 aliphatic carbocycles. The van der Waals surface area contributed by atoms with Crippen LogP contribution < -0.4 is 10.9 Å². The van der Waals surface area contributed by atoms with E-state index < -0.39 is 0 Å². The highest BCUT2D eigenvalue weighted by Crippen LogP contribution is 1.92. The molecule has 4 nitrogen and oxygen atoms in total. The molecule has 84 valence electrons. The first-order valence-corrected chi connectivity index (χ1v) is 5.44. The fourth-order valence-electron chi connectivity index (χ4n) is 1.27. The molecule has 0 radical (unpaired) electrons. The van der Waals surface area contributed by atoms with Gasteiger partial charge >= 0.3 is 0 Å². The summed E-state index contributed by atoms with van der Waals surface area (Å²) >= 11 is 0. The molecule has 15 heavy (non-hydrogen) atoms. The van der Waals surface area contributed by atoms with E-state index in [1.54, 1.807) is 12.1 Å². The molecule has 0 unspecified atom stereocenters. The van der Waals surface area contributed by atoms with E-state index >= 15 is 0 Å². The van der Waals surface area contributed by atoms with Crippen LogP contribution in [0.3, 0.4) is 0 Å². The number of hydrogen-bond donors (Lipinski definition) is 1. The van der Waals surface area contributed by atoms with Crippen LogP contribution in [0.15, 0.2) is 16.9 Å². The Labute approximate surface area is 90.3 Å². The fraction of sp³-hybridized carbons (Fsp3) is 0.636. The van der Waals surface area contributed by atoms with Crippen molar-refractivity contribution in [1.29, 1.82) is 0 Å². The van der Waals surface area contributed by atoms with Gasteiger partial charge in [-0.3, -0.25) is 4.79 Å². The average Bonchev–Trinajstić information content (AvgIpc) is 2.19. The highest BCUT2D eigenvalue weighted by Gasteiger charge is 2.00. The molecule has 1 rings (SSSR count). The molecule has 0 spiro atoms. The Morgan fingerprint density at radius 1 is 1.47 bits per heavy atom. The van der Waals surface area contributed by atoms with Gasteiger partial charge in [0.2, 0.25) is 0 Å². The summed E-state index contributed by atoms with van der Waals surface area (Å²) in [6.45, 7) is 7.60. The van der Waals surface area contributed by atoms with E-state index in [-0.39, 0.29) is 5.56 Å². The molecule has 1 aromatic rings. The minimum atomic E-state index is -0.0230. The summed E-state index contributed by atoms with van der Waals surface area (Å²) in [6.07, 6.45) is 0.925. The van der Waals surface area contributed by atoms with Crippen molar-refractivity contribution in [1.82, 2.24) is 15.1 Å². The Balaban J connectivity index is 2.73. The molecular weight excluding hydrogens is 190 g/mol. The van der Waals surface area contributed by atoms with Gasteiger partial charge in [-0.1, -0.05) is 20.8 Å². The van der Waals surface area contributed by atoms with Gasteiger partial charge < -0.3 is 5.32 Å². The molecule has 0 fully saturated rings. The summed E-state index contributed by atoms with van der Waals surface area (Å²) < 4.78 is 1.53. The summed E-state index contributed by atoms with van der Waals surface area (Å²) in [5, 5.41) is 7.55. The molecule has 0 atom stereocenters. The lowest BCUT2D eigenvalue weighted by Gasteiger charge is -2.09. The molecule has 0 saturated carbocycles. The van der Waals surface area contributed by atoms with Crippen molar-refractivity contribution in [3.05, 3.63) is 28.2 Å². The molecule has 1 N–H and O–H groups in total. The van der Waals surface area contributed by atoms with Gasteiger partial charge in [0.15, 0.2) is 0 Å². The van der Waals surface area contributed by atoms with Gasteiger partial charge in [-0.2, -0.15) is 5.10 Å². The van der Waals surface area contributed by atoms with Crippen molar-refractivity contribution < 1.29 is 0 Å². The van der Waals surface area contributed by atoms with E-state index in [0.717, 1.165) is 12.1 Å². The van der Waals surface area contributed by atoms with Gasteiger partial charge in [-0.05, 0) is 12.5 Å². The summed E-state index contributed by atoms with van der Waals surface area (Å²) in [5.41, 5.74) is 0.891. The van der Waals surface area contributed by atoms with Gasteiger partial charge in [0.25, 0.3) is 5.56 Å². The van der Waals surface area contributed by atoms with Crippen LogP contribution in [0.25, 0.3) is 0 Å². The maximum absolute atomic E-state index is 11.4. The van der Waals surface area contributed by atoms with Crippen molar-refractivity contribution in [3.63, 3.8) is 0 Å². The summed E-state index contributed by atoms with van der Waals surface area (Å²) in [7, 11) is 0. The van der Waals surface area contributed by atoms with Gasteiger partial charge in [0.1, 0.15) is 0 Å². The van der Waals surface area contributed by atoms with Gasteiger partial charge in [0.05, 0.1) is 5.69 Å². The summed E-state index contributed by atoms with van der Waals surface area (Å²) in [5.74, 6) is 0. The molecule has 0 aliphatic rings. The van der Waals surface area contributed by atoms with Crippen LogP contribution in [0.5, 0.6) is 0 Å². The third kappa shape index (κ3) is 3.83. The Bertz CT molecular complexity index is 357. The van der Waals surface area contributed by atoms with Crippen LogP contribution in [0.4, 0.5) is 0 Å². The van der Waals surface area contributed by atoms with Crippen LogP contribution >= 0.6 is 0 Å². The molecule has 0 aliphatic heterocycles. The van der Waals surface area contributed by atoms with Gasteiger partial charge in [0, 0.05) is 25.2 Å². The largest absolute Gasteiger partial charge is 0.309 e. The topological polar surface area (TPSA) is 46.9 Å². The first-order valence-electron chi connectivity index (χ1n) is 5.44. The summed E-state index contributed by atoms with van der Waals surface area (Å²) in [4.78, 5) is 11.4. The van der Waals surface area contributed by atoms with E-state index in [1.165, 1.54) is 4.68 Å². The monoisotopic (exact) mass is 209 g/mol. The number of aryl methyl sites for hydroxylation is 1. The third-order valence-corrected chi connectivity index (χ3v) is 2.05. The van der Waals surface area contributed by atoms with E-state index in [9.17, 15) is 4.79 Å². The first kappa shape index (κ1) is 11.9. The van der Waals surface area contributed by atoms with E-state index in [1.807, 2.05) is 6.92 Å². The van der Waals surface area contributed by atoms with Crippen LogP contribution in [0.2, 0.25) is 0 Å². The maximum atomic E-state index is 11.4. The van der Waals surface area contributed by atoms with E-state index in [4.69, 9.17) is 0 Å². The second kappa shape index (κ2) is 5.66. The van der Waals surface area contributed by atoms with Crippen molar-refractivity contribution in [3.8, 4) is 0 Å². The molecule has 4 heteroatoms. The van der Waals surface area contributed by atoms with E-state index in [0.29, 0.717) is 19.1 Å². The average molecular weight is 209 g/mol. The normalized spacial score (nSPS) is 10.9. The standard InChI is InChI=1S/C11H19N3O/c1-4-7-14-11(15)6-5-10(13-14)8-12-9(2)3/h5-6,9,12H,4,7-8H2,1-3H3. The lowest BCUT2D eigenvalue weighted by molar-refractivity contribution is 0.527. The van der Waals surface area contributed by atoms with Crippen molar-refractivity contribution in [2.24, 2.45) is 0 Å². The molecule has 0 bridgehead atoms. The minimum absolute atomic E-state index is 0.0230. The van der Waals surface area contributed by atoms with Crippen molar-refractivity contribution >= 4 is 0 Å². The van der Waals surface area contributed by atoms with E-state index in [2.05, 4.69) is 24.3 Å². The fourth-order valence-corrected chi connectivity index (χ4v) is 1.27. The molecule has 0 amide bonds. The van der Waals surface area contributed by atoms with Crippen molar-refractivity contribution in [2.75, 3.05) is 0 Å². The molecule has 0 aromatic carbocycles. The minimum Gasteiger partial charge on any atom is -0.309 e. The Morgan fingerprint density at radius 3 is 2.80 bits per heavy atom. The number of aromatic nitrogens is 2. The van der Waals surface area contributed by atoms with Gasteiger partial charge in [-0.25, -0.2) is 4.68 Å². The first-order chi connectivity index (χ1) is 7.13. The second-order valence-corrected chi connectivity index (χ2v) is 3.92. The maximum Gasteiger partial charge on any atom is 0.266 e. The quantitative estimate of drug-likeness (QED) is 0.791. The lowest BCUT2D eigenvalue weighted by Crippen LogP contribution is -2.27. The highest BCUT2D eigenvalue weighted by atomic mass is 16.1. The summed E-state index contributed by atoms with van der Waals surface area (Å²) in [6, 6.07) is 3.79. The number of hydrogen-bond acceptors (Lipinski definition) is 3. The lowest BCUT2D eigenvalue weighted by atomic mass is 10.3. The number of nitrogens with zero attached hydrogens (tertiary/aromatic N) is 2. The second-order valence-electron chi connectivity index (χ2n) is 3.92. The Hall–Kier alpha value is -1.16. The van der Waals surface area contributed by atoms with Crippen LogP contribution in [0, 0.1) is 0 Å². The smallest absolute Gasteiger partial charge is 0.266 e. The zero-order valence-electron chi connectivity index (χ0n) is 9.66. The zero-order valence-corrected chi connectivity index (χ0v) is 9.66. The molecule has 0 saturated heterocycles. The molecular formula is C11H19N3O. The molecule has 1 heterocycles. The zero-order chi connectivity index (χ0) is 11.3. The Morgan fingerprint density at radius 2 is 2.20 bits per heavy atom. The molecule has 1 aromatic heterocycles. The number of nitrogens with one attached hydrogen (secondary N) is 1. The SMILES string of the molecule is CCCn1nc(CNC(C)C)ccc1=O. The van der Waals surface area contributed by atoms with Crippen LogP contribution in [0.1, 0.15) is 32.9 Å². The predicted molar refractivity (Wildman–Crippen MR) is 60.8 cm³/mol. The van der Waals surface area contributed by atoms with Crippen LogP contribution in [-0.2, 0) is 13.1 Å². The van der Waals surface area contributed by atoms with Crippen molar-refractivity contribution in [2.45, 2.75) is 46.3 Å². The Kier molecular flexibility index (Phi) is 4.49. The highest BCUT2D eigenvalue weighted by molar-refractivity contribution is 5.00. The number of rotatable bonds is 5. The predicted octanol–water partition coefficient (Wildman–Crippen LogP) is 1.15. The van der Waals surface area contributed by atoms with Gasteiger partial charge in [-0.15, -0.1) is 0 Å². The third-order valence-electron chi connectivity index (χ3n) is 2.05. The van der Waals surface area contributed by atoms with Crippen LogP contribution in [-0.4, -0.2) is 15.8 Å².